The highest BCUT2D eigenvalue weighted by Gasteiger charge is 2.17. The van der Waals surface area contributed by atoms with E-state index in [-0.39, 0.29) is 18.3 Å². The van der Waals surface area contributed by atoms with Gasteiger partial charge in [0.2, 0.25) is 5.82 Å². The summed E-state index contributed by atoms with van der Waals surface area (Å²) in [6.45, 7) is -0.282. The van der Waals surface area contributed by atoms with Crippen molar-refractivity contribution in [2.75, 3.05) is 11.9 Å². The first-order chi connectivity index (χ1) is 20.3. The Hall–Kier alpha value is -4.63. The van der Waals surface area contributed by atoms with Crippen molar-refractivity contribution in [3.63, 3.8) is 0 Å². The fourth-order valence-corrected chi connectivity index (χ4v) is 4.75. The van der Waals surface area contributed by atoms with Crippen LogP contribution in [0.1, 0.15) is 5.56 Å². The molecule has 0 saturated heterocycles. The van der Waals surface area contributed by atoms with Crippen LogP contribution in [0.25, 0.3) is 33.5 Å². The Morgan fingerprint density at radius 1 is 0.929 bits per heavy atom. The molecule has 0 radical (unpaired) electrons. The topological polar surface area (TPSA) is 98.7 Å². The first kappa shape index (κ1) is 27.5. The Bertz CT molecular complexity index is 2050. The first-order valence-corrected chi connectivity index (χ1v) is 13.7. The number of hydrogen-bond acceptors (Lipinski definition) is 6. The number of anilines is 1. The predicted molar refractivity (Wildman–Crippen MR) is 166 cm³/mol. The largest absolute Gasteiger partial charge is 0.483 e. The Morgan fingerprint density at radius 2 is 1.67 bits per heavy atom. The molecule has 0 unspecified atom stereocenters. The first-order valence-electron chi connectivity index (χ1n) is 12.6. The number of carbonyl (C=O) groups excluding carboxylic acids is 1. The summed E-state index contributed by atoms with van der Waals surface area (Å²) in [5, 5.41) is 9.85. The molecule has 4 aromatic carbocycles. The van der Waals surface area contributed by atoms with Crippen molar-refractivity contribution in [3.05, 3.63) is 122 Å². The van der Waals surface area contributed by atoms with E-state index in [2.05, 4.69) is 15.4 Å². The van der Waals surface area contributed by atoms with E-state index in [4.69, 9.17) is 44.0 Å². The lowest BCUT2D eigenvalue weighted by molar-refractivity contribution is -0.118. The maximum Gasteiger partial charge on any atom is 0.282 e. The molecule has 8 nitrogen and oxygen atoms in total. The van der Waals surface area contributed by atoms with Crippen molar-refractivity contribution in [3.8, 4) is 17.3 Å². The van der Waals surface area contributed by atoms with E-state index in [1.165, 1.54) is 6.21 Å². The number of rotatable bonds is 7. The van der Waals surface area contributed by atoms with Crippen molar-refractivity contribution >= 4 is 74.5 Å². The van der Waals surface area contributed by atoms with Gasteiger partial charge in [-0.1, -0.05) is 46.9 Å². The number of ether oxygens (including phenoxy) is 1. The van der Waals surface area contributed by atoms with Crippen LogP contribution >= 0.6 is 34.8 Å². The molecule has 1 N–H and O–H groups in total. The Labute approximate surface area is 253 Å². The molecule has 0 spiro atoms. The van der Waals surface area contributed by atoms with Crippen LogP contribution in [0.5, 0.6) is 5.75 Å². The lowest BCUT2D eigenvalue weighted by Crippen LogP contribution is -2.21. The van der Waals surface area contributed by atoms with Crippen LogP contribution in [-0.4, -0.2) is 28.4 Å². The molecule has 2 aromatic heterocycles. The number of benzene rings is 4. The van der Waals surface area contributed by atoms with Gasteiger partial charge in [0, 0.05) is 31.7 Å². The number of aromatic nitrogens is 2. The summed E-state index contributed by atoms with van der Waals surface area (Å²) in [7, 11) is 0. The second-order valence-corrected chi connectivity index (χ2v) is 10.4. The van der Waals surface area contributed by atoms with Crippen LogP contribution in [-0.2, 0) is 4.79 Å². The minimum Gasteiger partial charge on any atom is -0.483 e. The fraction of sp³-hybridized carbons (Fsp3) is 0.0323. The fourth-order valence-electron chi connectivity index (χ4n) is 4.26. The van der Waals surface area contributed by atoms with E-state index in [9.17, 15) is 9.59 Å². The molecule has 0 atom stereocenters. The lowest BCUT2D eigenvalue weighted by atomic mass is 10.2. The summed E-state index contributed by atoms with van der Waals surface area (Å²) < 4.78 is 13.0. The average Bonchev–Trinajstić information content (AvgIpc) is 3.40. The minimum absolute atomic E-state index is 0.189. The molecule has 6 aromatic rings. The van der Waals surface area contributed by atoms with Gasteiger partial charge in [-0.3, -0.25) is 9.59 Å². The summed E-state index contributed by atoms with van der Waals surface area (Å²) in [6.07, 6.45) is 1.42. The maximum atomic E-state index is 13.6. The van der Waals surface area contributed by atoms with Crippen LogP contribution in [0, 0.1) is 0 Å². The monoisotopic (exact) mass is 616 g/mol. The average molecular weight is 618 g/mol. The van der Waals surface area contributed by atoms with Gasteiger partial charge in [-0.15, -0.1) is 0 Å². The van der Waals surface area contributed by atoms with Crippen LogP contribution < -0.4 is 15.6 Å². The normalized spacial score (nSPS) is 11.4. The van der Waals surface area contributed by atoms with Crippen LogP contribution in [0.4, 0.5) is 5.69 Å². The molecule has 0 aliphatic rings. The molecule has 1 amide bonds. The number of halogens is 3. The quantitative estimate of drug-likeness (QED) is 0.185. The summed E-state index contributed by atoms with van der Waals surface area (Å²) in [6, 6.07) is 25.5. The molecule has 0 fully saturated rings. The van der Waals surface area contributed by atoms with Crippen molar-refractivity contribution in [1.82, 2.24) is 9.66 Å². The van der Waals surface area contributed by atoms with Gasteiger partial charge in [0.15, 0.2) is 12.4 Å². The van der Waals surface area contributed by atoms with Gasteiger partial charge in [-0.25, -0.2) is 4.98 Å². The molecule has 6 rings (SSSR count). The number of fused-ring (bicyclic) bond motifs is 2. The maximum absolute atomic E-state index is 13.6. The highest BCUT2D eigenvalue weighted by molar-refractivity contribution is 6.31. The van der Waals surface area contributed by atoms with E-state index < -0.39 is 5.56 Å². The number of nitrogens with zero attached hydrogens (tertiary/aromatic N) is 3. The predicted octanol–water partition coefficient (Wildman–Crippen LogP) is 7.67. The van der Waals surface area contributed by atoms with E-state index >= 15 is 0 Å². The van der Waals surface area contributed by atoms with Crippen molar-refractivity contribution in [2.45, 2.75) is 0 Å². The zero-order chi connectivity index (χ0) is 29.2. The molecule has 0 saturated carbocycles. The van der Waals surface area contributed by atoms with Gasteiger partial charge in [-0.2, -0.15) is 9.78 Å². The van der Waals surface area contributed by atoms with Crippen molar-refractivity contribution in [1.29, 1.82) is 0 Å². The number of furan rings is 1. The number of nitrogens with one attached hydrogen (secondary N) is 1. The lowest BCUT2D eigenvalue weighted by Gasteiger charge is -2.11. The smallest absolute Gasteiger partial charge is 0.282 e. The Kier molecular flexibility index (Phi) is 7.67. The number of amides is 1. The molecule has 42 heavy (non-hydrogen) atoms. The highest BCUT2D eigenvalue weighted by Crippen LogP contribution is 2.29. The number of para-hydroxylation sites is 1. The third-order valence-electron chi connectivity index (χ3n) is 6.22. The Balaban J connectivity index is 1.35. The minimum atomic E-state index is -0.405. The molecule has 0 aliphatic carbocycles. The Morgan fingerprint density at radius 3 is 2.50 bits per heavy atom. The van der Waals surface area contributed by atoms with E-state index in [0.717, 1.165) is 10.1 Å². The molecule has 0 aliphatic heterocycles. The SMILES string of the molecule is O=C(COc1ccc(Cl)cc1C=Nn1c(-c2cc3cc(Cl)ccc3o2)nc2ccccc2c1=O)Nc1ccc(Cl)cc1. The molecule has 11 heteroatoms. The standard InChI is InChI=1S/C31H19Cl3N4O4/c32-20-5-9-23(10-6-20)36-29(39)17-41-26-11-7-22(34)14-19(26)16-35-38-30(37-25-4-2-1-3-24(25)31(38)40)28-15-18-13-21(33)8-12-27(18)42-28/h1-16H,17H2,(H,36,39). The van der Waals surface area contributed by atoms with Crippen LogP contribution in [0.3, 0.4) is 0 Å². The van der Waals surface area contributed by atoms with E-state index in [1.54, 1.807) is 91.0 Å². The van der Waals surface area contributed by atoms with Gasteiger partial charge < -0.3 is 14.5 Å². The zero-order valence-electron chi connectivity index (χ0n) is 21.6. The van der Waals surface area contributed by atoms with Crippen LogP contribution in [0.15, 0.2) is 105 Å². The van der Waals surface area contributed by atoms with Gasteiger partial charge in [0.05, 0.1) is 17.1 Å². The molecule has 208 valence electrons. The van der Waals surface area contributed by atoms with Gasteiger partial charge >= 0.3 is 0 Å². The van der Waals surface area contributed by atoms with Gasteiger partial charge in [0.25, 0.3) is 11.5 Å². The number of carbonyl (C=O) groups is 1. The van der Waals surface area contributed by atoms with Crippen molar-refractivity contribution in [2.24, 2.45) is 5.10 Å². The summed E-state index contributed by atoms with van der Waals surface area (Å²) in [5.41, 5.74) is 1.67. The summed E-state index contributed by atoms with van der Waals surface area (Å²) >= 11 is 18.3. The zero-order valence-corrected chi connectivity index (χ0v) is 23.8. The van der Waals surface area contributed by atoms with E-state index in [0.29, 0.717) is 54.3 Å². The van der Waals surface area contributed by atoms with Crippen molar-refractivity contribution < 1.29 is 13.9 Å². The molecular weight excluding hydrogens is 599 g/mol. The van der Waals surface area contributed by atoms with Gasteiger partial charge in [-0.05, 0) is 78.9 Å². The van der Waals surface area contributed by atoms with Crippen LogP contribution in [0.2, 0.25) is 15.1 Å². The third-order valence-corrected chi connectivity index (χ3v) is 6.95. The van der Waals surface area contributed by atoms with Gasteiger partial charge in [0.1, 0.15) is 11.3 Å². The number of hydrogen-bond donors (Lipinski definition) is 1. The summed E-state index contributed by atoms with van der Waals surface area (Å²) in [5.74, 6) is 0.469. The summed E-state index contributed by atoms with van der Waals surface area (Å²) in [4.78, 5) is 30.8. The second-order valence-electron chi connectivity index (χ2n) is 9.13. The highest BCUT2D eigenvalue weighted by atomic mass is 35.5. The molecule has 0 bridgehead atoms. The molecular formula is C31H19Cl3N4O4. The second kappa shape index (κ2) is 11.7. The third kappa shape index (κ3) is 5.87. The molecule has 2 heterocycles. The van der Waals surface area contributed by atoms with E-state index in [1.807, 2.05) is 0 Å².